The van der Waals surface area contributed by atoms with E-state index >= 15 is 0 Å². The highest BCUT2D eigenvalue weighted by molar-refractivity contribution is 7.89. The van der Waals surface area contributed by atoms with Crippen LogP contribution in [0, 0.1) is 16.7 Å². The van der Waals surface area contributed by atoms with E-state index in [-0.39, 0.29) is 12.3 Å². The maximum absolute atomic E-state index is 11.9. The van der Waals surface area contributed by atoms with Gasteiger partial charge >= 0.3 is 0 Å². The molecule has 0 spiro atoms. The number of nitrogens with one attached hydrogen (secondary N) is 2. The fourth-order valence-electron chi connectivity index (χ4n) is 1.54. The van der Waals surface area contributed by atoms with Crippen LogP contribution in [0.25, 0.3) is 0 Å². The van der Waals surface area contributed by atoms with Crippen LogP contribution >= 0.6 is 0 Å². The Kier molecular flexibility index (Phi) is 6.88. The molecule has 0 saturated heterocycles. The van der Waals surface area contributed by atoms with E-state index < -0.39 is 21.3 Å². The van der Waals surface area contributed by atoms with Crippen LogP contribution < -0.4 is 10.0 Å². The Bertz CT molecular complexity index is 408. The molecule has 0 heterocycles. The lowest BCUT2D eigenvalue weighted by atomic mass is 9.83. The van der Waals surface area contributed by atoms with Gasteiger partial charge in [0, 0.05) is 13.1 Å². The van der Waals surface area contributed by atoms with Gasteiger partial charge in [-0.15, -0.1) is 0 Å². The number of amides is 1. The number of carbonyl (C=O) groups is 1. The lowest BCUT2D eigenvalue weighted by molar-refractivity contribution is -0.128. The highest BCUT2D eigenvalue weighted by Gasteiger charge is 2.34. The van der Waals surface area contributed by atoms with E-state index in [0.717, 1.165) is 0 Å². The first-order valence-electron chi connectivity index (χ1n) is 6.04. The van der Waals surface area contributed by atoms with Gasteiger partial charge in [-0.05, 0) is 12.8 Å². The van der Waals surface area contributed by atoms with Crippen LogP contribution in [-0.4, -0.2) is 33.2 Å². The van der Waals surface area contributed by atoms with Crippen molar-refractivity contribution in [1.29, 1.82) is 5.26 Å². The lowest BCUT2D eigenvalue weighted by Gasteiger charge is -2.22. The highest BCUT2D eigenvalue weighted by Crippen LogP contribution is 2.25. The Morgan fingerprint density at radius 3 is 2.22 bits per heavy atom. The number of rotatable bonds is 8. The Morgan fingerprint density at radius 2 is 1.83 bits per heavy atom. The minimum atomic E-state index is -3.34. The van der Waals surface area contributed by atoms with E-state index in [1.807, 2.05) is 6.07 Å². The van der Waals surface area contributed by atoms with E-state index in [2.05, 4.69) is 10.0 Å². The molecule has 0 radical (unpaired) electrons. The van der Waals surface area contributed by atoms with E-state index in [1.54, 1.807) is 20.8 Å². The first-order chi connectivity index (χ1) is 8.37. The third-order valence-corrected chi connectivity index (χ3v) is 4.35. The molecule has 0 aromatic heterocycles. The van der Waals surface area contributed by atoms with Crippen LogP contribution in [0.4, 0.5) is 0 Å². The molecule has 0 saturated carbocycles. The molecule has 0 atom stereocenters. The first kappa shape index (κ1) is 16.9. The Hall–Kier alpha value is -1.13. The second-order valence-electron chi connectivity index (χ2n) is 3.97. The zero-order valence-corrected chi connectivity index (χ0v) is 11.9. The zero-order chi connectivity index (χ0) is 14.2. The molecule has 0 unspecified atom stereocenters. The van der Waals surface area contributed by atoms with Crippen molar-refractivity contribution in [3.63, 3.8) is 0 Å². The van der Waals surface area contributed by atoms with Gasteiger partial charge in [-0.2, -0.15) is 5.26 Å². The summed E-state index contributed by atoms with van der Waals surface area (Å²) in [7, 11) is -3.34. The fourth-order valence-corrected chi connectivity index (χ4v) is 2.50. The smallest absolute Gasteiger partial charge is 0.240 e. The van der Waals surface area contributed by atoms with Crippen molar-refractivity contribution in [2.75, 3.05) is 18.8 Å². The summed E-state index contributed by atoms with van der Waals surface area (Å²) in [5.74, 6) is -0.580. The molecule has 0 fully saturated rings. The molecule has 0 bridgehead atoms. The predicted molar refractivity (Wildman–Crippen MR) is 69.1 cm³/mol. The van der Waals surface area contributed by atoms with Gasteiger partial charge in [0.2, 0.25) is 15.9 Å². The molecule has 18 heavy (non-hydrogen) atoms. The molecule has 6 nitrogen and oxygen atoms in total. The van der Waals surface area contributed by atoms with E-state index in [4.69, 9.17) is 5.26 Å². The van der Waals surface area contributed by atoms with Crippen LogP contribution in [0.2, 0.25) is 0 Å². The average molecular weight is 275 g/mol. The summed E-state index contributed by atoms with van der Waals surface area (Å²) >= 11 is 0. The normalized spacial score (nSPS) is 11.9. The molecule has 1 amide bonds. The van der Waals surface area contributed by atoms with Crippen molar-refractivity contribution >= 4 is 15.9 Å². The minimum Gasteiger partial charge on any atom is -0.354 e. The topological polar surface area (TPSA) is 99.1 Å². The standard InChI is InChI=1S/C11H21N3O3S/c1-4-11(5-2,9-12)10(15)13-7-8-18(16,17)14-6-3/h14H,4-8H2,1-3H3,(H,13,15). The highest BCUT2D eigenvalue weighted by atomic mass is 32.2. The first-order valence-corrected chi connectivity index (χ1v) is 7.69. The van der Waals surface area contributed by atoms with E-state index in [1.165, 1.54) is 0 Å². The second-order valence-corrected chi connectivity index (χ2v) is 5.90. The summed E-state index contributed by atoms with van der Waals surface area (Å²) in [6, 6.07) is 2.01. The molecule has 0 rings (SSSR count). The predicted octanol–water partition coefficient (Wildman–Crippen LogP) is 0.372. The molecule has 104 valence electrons. The van der Waals surface area contributed by atoms with Crippen LogP contribution in [0.3, 0.4) is 0 Å². The van der Waals surface area contributed by atoms with Crippen molar-refractivity contribution < 1.29 is 13.2 Å². The summed E-state index contributed by atoms with van der Waals surface area (Å²) in [4.78, 5) is 11.9. The molecule has 0 aliphatic heterocycles. The molecule has 0 aromatic rings. The molecule has 7 heteroatoms. The molecule has 0 aliphatic rings. The Balaban J connectivity index is 4.40. The molecule has 0 aromatic carbocycles. The van der Waals surface area contributed by atoms with Gasteiger partial charge < -0.3 is 5.32 Å². The quantitative estimate of drug-likeness (QED) is 0.668. The van der Waals surface area contributed by atoms with Crippen LogP contribution in [0.5, 0.6) is 0 Å². The number of nitriles is 1. The van der Waals surface area contributed by atoms with Gasteiger partial charge in [0.05, 0.1) is 11.8 Å². The number of sulfonamides is 1. The third-order valence-electron chi connectivity index (χ3n) is 2.88. The number of hydrogen-bond donors (Lipinski definition) is 2. The largest absolute Gasteiger partial charge is 0.354 e. The van der Waals surface area contributed by atoms with Crippen LogP contribution in [0.15, 0.2) is 0 Å². The summed E-state index contributed by atoms with van der Waals surface area (Å²) in [6.07, 6.45) is 0.817. The van der Waals surface area contributed by atoms with Crippen molar-refractivity contribution in [2.45, 2.75) is 33.6 Å². The summed E-state index contributed by atoms with van der Waals surface area (Å²) in [5.41, 5.74) is -1.05. The zero-order valence-electron chi connectivity index (χ0n) is 11.1. The maximum Gasteiger partial charge on any atom is 0.240 e. The van der Waals surface area contributed by atoms with Crippen LogP contribution in [-0.2, 0) is 14.8 Å². The van der Waals surface area contributed by atoms with Gasteiger partial charge in [-0.3, -0.25) is 4.79 Å². The van der Waals surface area contributed by atoms with E-state index in [0.29, 0.717) is 19.4 Å². The number of carbonyl (C=O) groups excluding carboxylic acids is 1. The van der Waals surface area contributed by atoms with Crippen molar-refractivity contribution in [3.05, 3.63) is 0 Å². The molecule has 0 aliphatic carbocycles. The van der Waals surface area contributed by atoms with Crippen molar-refractivity contribution in [1.82, 2.24) is 10.0 Å². The number of hydrogen-bond acceptors (Lipinski definition) is 4. The van der Waals surface area contributed by atoms with Gasteiger partial charge in [-0.1, -0.05) is 20.8 Å². The Labute approximate surface area is 109 Å². The van der Waals surface area contributed by atoms with Gasteiger partial charge in [0.25, 0.3) is 0 Å². The molecular weight excluding hydrogens is 254 g/mol. The van der Waals surface area contributed by atoms with Crippen LogP contribution in [0.1, 0.15) is 33.6 Å². The summed E-state index contributed by atoms with van der Waals surface area (Å²) in [6.45, 7) is 5.55. The second kappa shape index (κ2) is 7.34. The summed E-state index contributed by atoms with van der Waals surface area (Å²) in [5, 5.41) is 11.6. The number of nitrogens with zero attached hydrogens (tertiary/aromatic N) is 1. The Morgan fingerprint density at radius 1 is 1.28 bits per heavy atom. The monoisotopic (exact) mass is 275 g/mol. The SMILES string of the molecule is CCNS(=O)(=O)CCNC(=O)C(C#N)(CC)CC. The summed E-state index contributed by atoms with van der Waals surface area (Å²) < 4.78 is 25.0. The fraction of sp³-hybridized carbons (Fsp3) is 0.818. The van der Waals surface area contributed by atoms with Gasteiger partial charge in [0.15, 0.2) is 0 Å². The average Bonchev–Trinajstić information content (AvgIpc) is 2.31. The lowest BCUT2D eigenvalue weighted by Crippen LogP contribution is -2.42. The van der Waals surface area contributed by atoms with Gasteiger partial charge in [0.1, 0.15) is 5.41 Å². The molecular formula is C11H21N3O3S. The maximum atomic E-state index is 11.9. The van der Waals surface area contributed by atoms with Crippen molar-refractivity contribution in [3.8, 4) is 6.07 Å². The van der Waals surface area contributed by atoms with Gasteiger partial charge in [-0.25, -0.2) is 13.1 Å². The van der Waals surface area contributed by atoms with Crippen molar-refractivity contribution in [2.24, 2.45) is 5.41 Å². The van der Waals surface area contributed by atoms with E-state index in [9.17, 15) is 13.2 Å². The minimum absolute atomic E-state index is 0.0115. The third kappa shape index (κ3) is 4.63. The molecule has 2 N–H and O–H groups in total.